The molecule has 0 atom stereocenters. The fourth-order valence-corrected chi connectivity index (χ4v) is 3.25. The number of nitro groups is 1. The number of hydrogen-bond acceptors (Lipinski definition) is 5. The molecule has 2 amide bonds. The monoisotopic (exact) mass is 382 g/mol. The highest BCUT2D eigenvalue weighted by molar-refractivity contribution is 5.92. The average Bonchev–Trinajstić information content (AvgIpc) is 2.68. The maximum absolute atomic E-state index is 12.5. The number of aromatic nitrogens is 1. The molecule has 0 unspecified atom stereocenters. The third-order valence-electron chi connectivity index (χ3n) is 4.89. The Hall–Kier alpha value is -3.29. The van der Waals surface area contributed by atoms with Crippen molar-refractivity contribution in [2.24, 2.45) is 5.92 Å². The van der Waals surface area contributed by atoms with Gasteiger partial charge in [-0.3, -0.25) is 19.7 Å². The SMILES string of the molecule is Cc1ccnc(NC(=O)C2CCN(C(=O)Cc3ccc([N+](=O)[O-])cc3)CC2)c1. The van der Waals surface area contributed by atoms with Crippen LogP contribution in [0.4, 0.5) is 11.5 Å². The summed E-state index contributed by atoms with van der Waals surface area (Å²) in [4.78, 5) is 41.0. The van der Waals surface area contributed by atoms with Crippen LogP contribution in [-0.4, -0.2) is 39.7 Å². The third-order valence-corrected chi connectivity index (χ3v) is 4.89. The van der Waals surface area contributed by atoms with Gasteiger partial charge in [0.25, 0.3) is 5.69 Å². The molecule has 3 rings (SSSR count). The zero-order chi connectivity index (χ0) is 20.1. The fraction of sp³-hybridized carbons (Fsp3) is 0.350. The summed E-state index contributed by atoms with van der Waals surface area (Å²) in [6, 6.07) is 9.69. The van der Waals surface area contributed by atoms with Crippen LogP contribution in [0.15, 0.2) is 42.6 Å². The van der Waals surface area contributed by atoms with E-state index in [0.29, 0.717) is 31.7 Å². The number of nitrogens with zero attached hydrogens (tertiary/aromatic N) is 3. The van der Waals surface area contributed by atoms with Gasteiger partial charge in [-0.15, -0.1) is 0 Å². The predicted octanol–water partition coefficient (Wildman–Crippen LogP) is 2.72. The molecule has 1 N–H and O–H groups in total. The number of benzene rings is 1. The predicted molar refractivity (Wildman–Crippen MR) is 104 cm³/mol. The van der Waals surface area contributed by atoms with Crippen LogP contribution in [0.5, 0.6) is 0 Å². The van der Waals surface area contributed by atoms with Crippen LogP contribution in [-0.2, 0) is 16.0 Å². The first kappa shape index (κ1) is 19.5. The van der Waals surface area contributed by atoms with Gasteiger partial charge < -0.3 is 10.2 Å². The molecule has 0 aliphatic carbocycles. The van der Waals surface area contributed by atoms with Crippen LogP contribution in [0.2, 0.25) is 0 Å². The second-order valence-corrected chi connectivity index (χ2v) is 6.96. The molecule has 8 nitrogen and oxygen atoms in total. The molecule has 8 heteroatoms. The number of hydrogen-bond donors (Lipinski definition) is 1. The molecule has 146 valence electrons. The molecular formula is C20H22N4O4. The van der Waals surface area contributed by atoms with Crippen LogP contribution < -0.4 is 5.32 Å². The van der Waals surface area contributed by atoms with Gasteiger partial charge in [0.1, 0.15) is 5.82 Å². The molecule has 1 saturated heterocycles. The van der Waals surface area contributed by atoms with E-state index >= 15 is 0 Å². The molecule has 1 aliphatic heterocycles. The van der Waals surface area contributed by atoms with E-state index in [-0.39, 0.29) is 29.8 Å². The second-order valence-electron chi connectivity index (χ2n) is 6.96. The summed E-state index contributed by atoms with van der Waals surface area (Å²) in [5, 5.41) is 13.5. The van der Waals surface area contributed by atoms with Crippen molar-refractivity contribution in [3.8, 4) is 0 Å². The van der Waals surface area contributed by atoms with E-state index in [0.717, 1.165) is 11.1 Å². The number of nitro benzene ring substituents is 1. The molecule has 1 fully saturated rings. The Bertz CT molecular complexity index is 874. The average molecular weight is 382 g/mol. The number of rotatable bonds is 5. The van der Waals surface area contributed by atoms with E-state index in [4.69, 9.17) is 0 Å². The topological polar surface area (TPSA) is 105 Å². The Morgan fingerprint density at radius 1 is 1.21 bits per heavy atom. The summed E-state index contributed by atoms with van der Waals surface area (Å²) in [5.74, 6) is 0.293. The summed E-state index contributed by atoms with van der Waals surface area (Å²) in [6.45, 7) is 2.97. The Kier molecular flexibility index (Phi) is 5.98. The normalized spacial score (nSPS) is 14.5. The minimum Gasteiger partial charge on any atom is -0.342 e. The third kappa shape index (κ3) is 4.91. The highest BCUT2D eigenvalue weighted by atomic mass is 16.6. The quantitative estimate of drug-likeness (QED) is 0.632. The molecule has 2 heterocycles. The van der Waals surface area contributed by atoms with Crippen LogP contribution in [0, 0.1) is 23.0 Å². The lowest BCUT2D eigenvalue weighted by molar-refractivity contribution is -0.384. The molecule has 1 aromatic carbocycles. The Labute approximate surface area is 162 Å². The van der Waals surface area contributed by atoms with Crippen molar-refractivity contribution in [2.75, 3.05) is 18.4 Å². The first-order chi connectivity index (χ1) is 13.4. The number of carbonyl (C=O) groups is 2. The van der Waals surface area contributed by atoms with Crippen molar-refractivity contribution in [3.63, 3.8) is 0 Å². The van der Waals surface area contributed by atoms with Gasteiger partial charge in [0, 0.05) is 37.3 Å². The van der Waals surface area contributed by atoms with Gasteiger partial charge in [0.05, 0.1) is 11.3 Å². The van der Waals surface area contributed by atoms with Gasteiger partial charge in [-0.1, -0.05) is 12.1 Å². The van der Waals surface area contributed by atoms with E-state index < -0.39 is 4.92 Å². The number of pyridine rings is 1. The Balaban J connectivity index is 1.49. The summed E-state index contributed by atoms with van der Waals surface area (Å²) >= 11 is 0. The highest BCUT2D eigenvalue weighted by Gasteiger charge is 2.27. The lowest BCUT2D eigenvalue weighted by Gasteiger charge is -2.31. The lowest BCUT2D eigenvalue weighted by atomic mass is 9.95. The van der Waals surface area contributed by atoms with Crippen molar-refractivity contribution < 1.29 is 14.5 Å². The second kappa shape index (κ2) is 8.60. The summed E-state index contributed by atoms with van der Waals surface area (Å²) in [6.07, 6.45) is 3.06. The van der Waals surface area contributed by atoms with Crippen molar-refractivity contribution in [3.05, 3.63) is 63.8 Å². The van der Waals surface area contributed by atoms with Gasteiger partial charge in [-0.2, -0.15) is 0 Å². The van der Waals surface area contributed by atoms with E-state index in [9.17, 15) is 19.7 Å². The first-order valence-corrected chi connectivity index (χ1v) is 9.17. The summed E-state index contributed by atoms with van der Waals surface area (Å²) in [5.41, 5.74) is 1.77. The summed E-state index contributed by atoms with van der Waals surface area (Å²) < 4.78 is 0. The zero-order valence-corrected chi connectivity index (χ0v) is 15.6. The number of carbonyl (C=O) groups excluding carboxylic acids is 2. The molecule has 0 saturated carbocycles. The van der Waals surface area contributed by atoms with Gasteiger partial charge in [-0.05, 0) is 43.0 Å². The summed E-state index contributed by atoms with van der Waals surface area (Å²) in [7, 11) is 0. The first-order valence-electron chi connectivity index (χ1n) is 9.17. The number of non-ortho nitro benzene ring substituents is 1. The van der Waals surface area contributed by atoms with E-state index in [2.05, 4.69) is 10.3 Å². The van der Waals surface area contributed by atoms with Crippen molar-refractivity contribution in [2.45, 2.75) is 26.2 Å². The van der Waals surface area contributed by atoms with Crippen LogP contribution in [0.1, 0.15) is 24.0 Å². The Morgan fingerprint density at radius 2 is 1.89 bits per heavy atom. The van der Waals surface area contributed by atoms with Crippen LogP contribution in [0.25, 0.3) is 0 Å². The smallest absolute Gasteiger partial charge is 0.269 e. The van der Waals surface area contributed by atoms with Crippen LogP contribution in [0.3, 0.4) is 0 Å². The molecule has 1 aliphatic rings. The van der Waals surface area contributed by atoms with Gasteiger partial charge >= 0.3 is 0 Å². The van der Waals surface area contributed by atoms with Crippen molar-refractivity contribution in [1.29, 1.82) is 0 Å². The maximum atomic E-state index is 12.5. The maximum Gasteiger partial charge on any atom is 0.269 e. The van der Waals surface area contributed by atoms with E-state index in [1.165, 1.54) is 12.1 Å². The number of amides is 2. The highest BCUT2D eigenvalue weighted by Crippen LogP contribution is 2.20. The minimum atomic E-state index is -0.465. The zero-order valence-electron chi connectivity index (χ0n) is 15.6. The minimum absolute atomic E-state index is 0.00567. The standard InChI is InChI=1S/C20H22N4O4/c1-14-6-9-21-18(12-14)22-20(26)16-7-10-23(11-8-16)19(25)13-15-2-4-17(5-3-15)24(27)28/h2-6,9,12,16H,7-8,10-11,13H2,1H3,(H,21,22,26). The van der Waals surface area contributed by atoms with Gasteiger partial charge in [-0.25, -0.2) is 4.98 Å². The molecule has 2 aromatic rings. The molecule has 28 heavy (non-hydrogen) atoms. The van der Waals surface area contributed by atoms with E-state index in [1.54, 1.807) is 23.2 Å². The van der Waals surface area contributed by atoms with Crippen LogP contribution >= 0.6 is 0 Å². The van der Waals surface area contributed by atoms with E-state index in [1.807, 2.05) is 19.1 Å². The molecular weight excluding hydrogens is 360 g/mol. The lowest BCUT2D eigenvalue weighted by Crippen LogP contribution is -2.42. The largest absolute Gasteiger partial charge is 0.342 e. The number of nitrogens with one attached hydrogen (secondary N) is 1. The van der Waals surface area contributed by atoms with Gasteiger partial charge in [0.15, 0.2) is 0 Å². The number of likely N-dealkylation sites (tertiary alicyclic amines) is 1. The fourth-order valence-electron chi connectivity index (χ4n) is 3.25. The van der Waals surface area contributed by atoms with Crippen molar-refractivity contribution in [1.82, 2.24) is 9.88 Å². The molecule has 0 radical (unpaired) electrons. The molecule has 1 aromatic heterocycles. The number of piperidine rings is 1. The Morgan fingerprint density at radius 3 is 2.50 bits per heavy atom. The number of aryl methyl sites for hydroxylation is 1. The molecule has 0 bridgehead atoms. The molecule has 0 spiro atoms. The number of anilines is 1. The van der Waals surface area contributed by atoms with Crippen molar-refractivity contribution >= 4 is 23.3 Å². The van der Waals surface area contributed by atoms with Gasteiger partial charge in [0.2, 0.25) is 11.8 Å².